The predicted octanol–water partition coefficient (Wildman–Crippen LogP) is 2.23. The van der Waals surface area contributed by atoms with Gasteiger partial charge in [0.2, 0.25) is 0 Å². The minimum Gasteiger partial charge on any atom is -0.473 e. The lowest BCUT2D eigenvalue weighted by molar-refractivity contribution is 0.0672. The Bertz CT molecular complexity index is 433. The fraction of sp³-hybridized carbons (Fsp3) is 0.500. The molecule has 1 amide bonds. The third kappa shape index (κ3) is 4.53. The van der Waals surface area contributed by atoms with Gasteiger partial charge in [0, 0.05) is 38.1 Å². The van der Waals surface area contributed by atoms with E-state index in [0.29, 0.717) is 38.5 Å². The van der Waals surface area contributed by atoms with E-state index >= 15 is 0 Å². The van der Waals surface area contributed by atoms with Crippen molar-refractivity contribution in [3.63, 3.8) is 0 Å². The van der Waals surface area contributed by atoms with Gasteiger partial charge < -0.3 is 14.1 Å². The highest BCUT2D eigenvalue weighted by atomic mass is 79.9. The standard InChI is InChI=1S/C12H17N3O3S.BrH/c1-2-17-12(13)19-15-7-5-14(6-8-15)11(16)10-4-3-9-18-10;/h3-4,9,13H,2,5-8H2,1H3;1H. The van der Waals surface area contributed by atoms with Crippen LogP contribution in [-0.4, -0.2) is 53.1 Å². The summed E-state index contributed by atoms with van der Waals surface area (Å²) in [5, 5.41) is 7.78. The molecule has 1 N–H and O–H groups in total. The van der Waals surface area contributed by atoms with Crippen LogP contribution in [0.15, 0.2) is 22.8 Å². The quantitative estimate of drug-likeness (QED) is 0.506. The first-order valence-electron chi connectivity index (χ1n) is 6.17. The van der Waals surface area contributed by atoms with Crippen molar-refractivity contribution < 1.29 is 13.9 Å². The third-order valence-electron chi connectivity index (χ3n) is 2.75. The molecule has 1 aromatic rings. The first-order valence-corrected chi connectivity index (χ1v) is 6.95. The molecule has 1 aliphatic heterocycles. The van der Waals surface area contributed by atoms with E-state index in [-0.39, 0.29) is 28.1 Å². The average molecular weight is 364 g/mol. The van der Waals surface area contributed by atoms with Crippen molar-refractivity contribution in [2.75, 3.05) is 32.8 Å². The van der Waals surface area contributed by atoms with E-state index in [2.05, 4.69) is 0 Å². The highest BCUT2D eigenvalue weighted by molar-refractivity contribution is 8.93. The Kier molecular flexibility index (Phi) is 7.11. The zero-order valence-corrected chi connectivity index (χ0v) is 13.7. The van der Waals surface area contributed by atoms with Gasteiger partial charge in [0.05, 0.1) is 12.9 Å². The van der Waals surface area contributed by atoms with Crippen LogP contribution in [0.25, 0.3) is 0 Å². The molecule has 0 spiro atoms. The Balaban J connectivity index is 0.00000200. The maximum Gasteiger partial charge on any atom is 0.289 e. The molecule has 0 unspecified atom stereocenters. The fourth-order valence-corrected chi connectivity index (χ4v) is 2.56. The van der Waals surface area contributed by atoms with E-state index < -0.39 is 0 Å². The summed E-state index contributed by atoms with van der Waals surface area (Å²) in [6, 6.07) is 3.39. The van der Waals surface area contributed by atoms with E-state index in [4.69, 9.17) is 14.6 Å². The molecule has 0 saturated carbocycles. The number of piperazine rings is 1. The predicted molar refractivity (Wildman–Crippen MR) is 83.5 cm³/mol. The van der Waals surface area contributed by atoms with E-state index in [9.17, 15) is 4.79 Å². The van der Waals surface area contributed by atoms with Crippen LogP contribution >= 0.6 is 28.9 Å². The topological polar surface area (TPSA) is 69.8 Å². The first kappa shape index (κ1) is 17.1. The van der Waals surface area contributed by atoms with Crippen molar-refractivity contribution in [3.05, 3.63) is 24.2 Å². The number of furan rings is 1. The summed E-state index contributed by atoms with van der Waals surface area (Å²) in [6.07, 6.45) is 1.50. The summed E-state index contributed by atoms with van der Waals surface area (Å²) in [4.78, 5) is 13.8. The lowest BCUT2D eigenvalue weighted by atomic mass is 10.3. The highest BCUT2D eigenvalue weighted by Crippen LogP contribution is 2.16. The van der Waals surface area contributed by atoms with Gasteiger partial charge in [-0.05, 0) is 19.1 Å². The van der Waals surface area contributed by atoms with Crippen molar-refractivity contribution in [3.8, 4) is 0 Å². The average Bonchev–Trinajstić information content (AvgIpc) is 2.93. The molecule has 2 rings (SSSR count). The van der Waals surface area contributed by atoms with Gasteiger partial charge in [-0.3, -0.25) is 10.2 Å². The van der Waals surface area contributed by atoms with Gasteiger partial charge in [-0.2, -0.15) is 0 Å². The van der Waals surface area contributed by atoms with E-state index in [1.165, 1.54) is 18.2 Å². The molecular weight excluding hydrogens is 346 g/mol. The normalized spacial score (nSPS) is 15.6. The largest absolute Gasteiger partial charge is 0.473 e. The summed E-state index contributed by atoms with van der Waals surface area (Å²) in [5.74, 6) is 0.303. The monoisotopic (exact) mass is 363 g/mol. The summed E-state index contributed by atoms with van der Waals surface area (Å²) < 4.78 is 12.2. The molecule has 2 heterocycles. The number of nitrogens with zero attached hydrogens (tertiary/aromatic N) is 2. The Morgan fingerprint density at radius 3 is 2.70 bits per heavy atom. The van der Waals surface area contributed by atoms with Gasteiger partial charge in [0.1, 0.15) is 0 Å². The molecule has 0 atom stereocenters. The fourth-order valence-electron chi connectivity index (χ4n) is 1.81. The Labute approximate surface area is 132 Å². The molecule has 0 bridgehead atoms. The first-order chi connectivity index (χ1) is 9.20. The Morgan fingerprint density at radius 1 is 1.45 bits per heavy atom. The number of halogens is 1. The van der Waals surface area contributed by atoms with Gasteiger partial charge in [-0.1, -0.05) is 0 Å². The van der Waals surface area contributed by atoms with Gasteiger partial charge in [0.25, 0.3) is 11.1 Å². The van der Waals surface area contributed by atoms with Gasteiger partial charge in [-0.25, -0.2) is 4.31 Å². The van der Waals surface area contributed by atoms with Crippen molar-refractivity contribution in [2.24, 2.45) is 0 Å². The number of carbonyl (C=O) groups excluding carboxylic acids is 1. The SMILES string of the molecule is Br.CCOC(=N)SN1CCN(C(=O)c2ccco2)CC1. The molecule has 1 aromatic heterocycles. The van der Waals surface area contributed by atoms with Crippen LogP contribution in [0.5, 0.6) is 0 Å². The summed E-state index contributed by atoms with van der Waals surface area (Å²) >= 11 is 1.29. The number of amides is 1. The molecule has 112 valence electrons. The second kappa shape index (κ2) is 8.33. The zero-order valence-electron chi connectivity index (χ0n) is 11.2. The maximum atomic E-state index is 12.0. The molecular formula is C12H18BrN3O3S. The van der Waals surface area contributed by atoms with Crippen molar-refractivity contribution in [2.45, 2.75) is 6.92 Å². The number of nitrogens with one attached hydrogen (secondary N) is 1. The smallest absolute Gasteiger partial charge is 0.289 e. The molecule has 1 fully saturated rings. The molecule has 0 aliphatic carbocycles. The number of rotatable bonds is 3. The molecule has 1 saturated heterocycles. The molecule has 1 aliphatic rings. The van der Waals surface area contributed by atoms with Gasteiger partial charge in [-0.15, -0.1) is 17.0 Å². The van der Waals surface area contributed by atoms with E-state index in [0.717, 1.165) is 0 Å². The lowest BCUT2D eigenvalue weighted by Gasteiger charge is -2.33. The van der Waals surface area contributed by atoms with Crippen LogP contribution in [0.4, 0.5) is 0 Å². The summed E-state index contributed by atoms with van der Waals surface area (Å²) in [6.45, 7) is 5.05. The van der Waals surface area contributed by atoms with E-state index in [1.54, 1.807) is 17.0 Å². The Hall–Kier alpha value is -0.990. The molecule has 8 heteroatoms. The Morgan fingerprint density at radius 2 is 2.15 bits per heavy atom. The minimum atomic E-state index is -0.0745. The minimum absolute atomic E-state index is 0. The van der Waals surface area contributed by atoms with Crippen molar-refractivity contribution in [1.29, 1.82) is 5.41 Å². The van der Waals surface area contributed by atoms with Gasteiger partial charge >= 0.3 is 0 Å². The second-order valence-electron chi connectivity index (χ2n) is 4.01. The number of ether oxygens (including phenoxy) is 1. The second-order valence-corrected chi connectivity index (χ2v) is 5.08. The molecule has 6 nitrogen and oxygen atoms in total. The number of hydrogen-bond donors (Lipinski definition) is 1. The van der Waals surface area contributed by atoms with Crippen molar-refractivity contribution in [1.82, 2.24) is 9.21 Å². The lowest BCUT2D eigenvalue weighted by Crippen LogP contribution is -2.46. The van der Waals surface area contributed by atoms with E-state index in [1.807, 2.05) is 11.2 Å². The van der Waals surface area contributed by atoms with Gasteiger partial charge in [0.15, 0.2) is 5.76 Å². The van der Waals surface area contributed by atoms with Crippen LogP contribution in [-0.2, 0) is 4.74 Å². The third-order valence-corrected chi connectivity index (χ3v) is 3.65. The molecule has 0 radical (unpaired) electrons. The summed E-state index contributed by atoms with van der Waals surface area (Å²) in [7, 11) is 0. The molecule has 20 heavy (non-hydrogen) atoms. The summed E-state index contributed by atoms with van der Waals surface area (Å²) in [5.41, 5.74) is 0. The van der Waals surface area contributed by atoms with Crippen LogP contribution < -0.4 is 0 Å². The van der Waals surface area contributed by atoms with Crippen LogP contribution in [0.3, 0.4) is 0 Å². The zero-order chi connectivity index (χ0) is 13.7. The maximum absolute atomic E-state index is 12.0. The van der Waals surface area contributed by atoms with Crippen molar-refractivity contribution >= 4 is 40.1 Å². The van der Waals surface area contributed by atoms with Crippen LogP contribution in [0.2, 0.25) is 0 Å². The number of hydrogen-bond acceptors (Lipinski definition) is 6. The van der Waals surface area contributed by atoms with Crippen LogP contribution in [0, 0.1) is 5.41 Å². The van der Waals surface area contributed by atoms with Crippen LogP contribution in [0.1, 0.15) is 17.5 Å². The molecule has 0 aromatic carbocycles. The highest BCUT2D eigenvalue weighted by Gasteiger charge is 2.24. The number of carbonyl (C=O) groups is 1.